The zero-order valence-electron chi connectivity index (χ0n) is 18.9. The van der Waals surface area contributed by atoms with Crippen molar-refractivity contribution in [3.05, 3.63) is 71.2 Å². The summed E-state index contributed by atoms with van der Waals surface area (Å²) >= 11 is 5.64. The summed E-state index contributed by atoms with van der Waals surface area (Å²) in [4.78, 5) is 27.0. The van der Waals surface area contributed by atoms with Gasteiger partial charge in [0.2, 0.25) is 11.8 Å². The Bertz CT molecular complexity index is 1050. The van der Waals surface area contributed by atoms with Crippen LogP contribution >= 0.6 is 24.2 Å². The minimum Gasteiger partial charge on any atom is -0.391 e. The van der Waals surface area contributed by atoms with E-state index in [1.54, 1.807) is 11.3 Å². The van der Waals surface area contributed by atoms with Gasteiger partial charge in [0.1, 0.15) is 17.6 Å². The Balaban J connectivity index is 0.00000149. The highest BCUT2D eigenvalue weighted by atomic mass is 32.1. The second-order valence-corrected chi connectivity index (χ2v) is 8.25. The van der Waals surface area contributed by atoms with Gasteiger partial charge in [-0.05, 0) is 31.0 Å². The third-order valence-electron chi connectivity index (χ3n) is 4.75. The summed E-state index contributed by atoms with van der Waals surface area (Å²) in [5, 5.41) is 6.03. The van der Waals surface area contributed by atoms with Crippen LogP contribution in [0.5, 0.6) is 0 Å². The summed E-state index contributed by atoms with van der Waals surface area (Å²) in [5.41, 5.74) is 6.60. The topological polar surface area (TPSA) is 87.6 Å². The van der Waals surface area contributed by atoms with E-state index in [-0.39, 0.29) is 24.5 Å². The number of nitrogens with one attached hydrogen (secondary N) is 3. The summed E-state index contributed by atoms with van der Waals surface area (Å²) in [6.07, 6.45) is 0.537. The van der Waals surface area contributed by atoms with Crippen LogP contribution in [0.4, 0.5) is 5.69 Å². The Hall–Kier alpha value is -2.88. The summed E-state index contributed by atoms with van der Waals surface area (Å²) in [5.74, 6) is 0.221. The number of carbonyl (C=O) groups is 1. The second-order valence-electron chi connectivity index (χ2n) is 7.17. The van der Waals surface area contributed by atoms with E-state index in [4.69, 9.17) is 9.82 Å². The van der Waals surface area contributed by atoms with Gasteiger partial charge in [0.05, 0.1) is 11.7 Å². The lowest BCUT2D eigenvalue weighted by Gasteiger charge is -2.17. The van der Waals surface area contributed by atoms with Gasteiger partial charge in [0.25, 0.3) is 0 Å². The van der Waals surface area contributed by atoms with Crippen molar-refractivity contribution in [1.82, 2.24) is 15.8 Å². The van der Waals surface area contributed by atoms with Crippen molar-refractivity contribution in [2.24, 2.45) is 4.99 Å². The zero-order chi connectivity index (χ0) is 23.6. The Labute approximate surface area is 204 Å². The van der Waals surface area contributed by atoms with Crippen molar-refractivity contribution < 1.29 is 9.63 Å². The standard InChI is InChI=1S/C22H23N5O2S2.C2H6/c1-14-23-21(29-26-14)12-20(28)24-18(11-15-7-9-17(27-30)10-8-15)19-13-31-22(25-19)16-5-3-2-4-6-16;1-2/h2-10,13-14,18,26-27,30H,11-12H2,1H3,(H,24,28);1-2H3. The van der Waals surface area contributed by atoms with E-state index in [1.807, 2.05) is 80.7 Å². The molecular formula is C24H29N5O2S2. The van der Waals surface area contributed by atoms with Crippen LogP contribution < -0.4 is 15.5 Å². The predicted octanol–water partition coefficient (Wildman–Crippen LogP) is 5.16. The van der Waals surface area contributed by atoms with E-state index in [0.717, 1.165) is 27.5 Å². The lowest BCUT2D eigenvalue weighted by atomic mass is 10.0. The summed E-state index contributed by atoms with van der Waals surface area (Å²) in [6, 6.07) is 17.7. The van der Waals surface area contributed by atoms with Crippen LogP contribution in [0.25, 0.3) is 10.6 Å². The zero-order valence-corrected chi connectivity index (χ0v) is 20.6. The van der Waals surface area contributed by atoms with Crippen LogP contribution in [0.2, 0.25) is 0 Å². The fourth-order valence-electron chi connectivity index (χ4n) is 3.23. The summed E-state index contributed by atoms with van der Waals surface area (Å²) < 4.78 is 2.82. The highest BCUT2D eigenvalue weighted by molar-refractivity contribution is 7.81. The number of amides is 1. The SMILES string of the molecule is CC.CC1N=C(CC(=O)NC(Cc2ccc(NS)cc2)c2csc(-c3ccccc3)n2)ON1. The molecule has 4 rings (SSSR count). The van der Waals surface area contributed by atoms with E-state index in [9.17, 15) is 4.79 Å². The number of anilines is 1. The predicted molar refractivity (Wildman–Crippen MR) is 138 cm³/mol. The molecule has 1 aromatic heterocycles. The van der Waals surface area contributed by atoms with Crippen molar-refractivity contribution in [2.45, 2.75) is 45.8 Å². The molecule has 3 aromatic rings. The summed E-state index contributed by atoms with van der Waals surface area (Å²) in [6.45, 7) is 5.86. The molecule has 0 fully saturated rings. The molecule has 0 saturated heterocycles. The van der Waals surface area contributed by atoms with Gasteiger partial charge in [-0.1, -0.05) is 69.1 Å². The molecule has 33 heavy (non-hydrogen) atoms. The van der Waals surface area contributed by atoms with E-state index < -0.39 is 0 Å². The van der Waals surface area contributed by atoms with Crippen LogP contribution in [0, 0.1) is 0 Å². The maximum absolute atomic E-state index is 12.7. The third kappa shape index (κ3) is 7.05. The van der Waals surface area contributed by atoms with Crippen LogP contribution in [0.15, 0.2) is 65.0 Å². The quantitative estimate of drug-likeness (QED) is 0.332. The molecule has 1 aliphatic heterocycles. The number of carbonyl (C=O) groups excluding carboxylic acids is 1. The van der Waals surface area contributed by atoms with Gasteiger partial charge in [-0.15, -0.1) is 16.8 Å². The third-order valence-corrected chi connectivity index (χ3v) is 5.92. The average Bonchev–Trinajstić information content (AvgIpc) is 3.50. The number of thiol groups is 1. The van der Waals surface area contributed by atoms with Crippen molar-refractivity contribution >= 4 is 41.6 Å². The van der Waals surface area contributed by atoms with E-state index >= 15 is 0 Å². The molecule has 2 atom stereocenters. The highest BCUT2D eigenvalue weighted by Crippen LogP contribution is 2.28. The Morgan fingerprint density at radius 2 is 1.91 bits per heavy atom. The molecule has 0 bridgehead atoms. The first kappa shape index (κ1) is 24.8. The maximum Gasteiger partial charge on any atom is 0.229 e. The number of thiazole rings is 1. The molecule has 0 spiro atoms. The van der Waals surface area contributed by atoms with Gasteiger partial charge in [-0.3, -0.25) is 4.79 Å². The van der Waals surface area contributed by atoms with Gasteiger partial charge in [0.15, 0.2) is 0 Å². The van der Waals surface area contributed by atoms with E-state index in [1.165, 1.54) is 0 Å². The van der Waals surface area contributed by atoms with Crippen LogP contribution in [-0.4, -0.2) is 23.0 Å². The number of nitrogens with zero attached hydrogens (tertiary/aromatic N) is 2. The molecule has 2 aromatic carbocycles. The molecule has 7 nitrogen and oxygen atoms in total. The molecule has 0 radical (unpaired) electrons. The van der Waals surface area contributed by atoms with Gasteiger partial charge < -0.3 is 14.9 Å². The van der Waals surface area contributed by atoms with Gasteiger partial charge in [-0.25, -0.2) is 9.98 Å². The Morgan fingerprint density at radius 3 is 2.55 bits per heavy atom. The smallest absolute Gasteiger partial charge is 0.229 e. The minimum absolute atomic E-state index is 0.0754. The fourth-order valence-corrected chi connectivity index (χ4v) is 4.26. The fraction of sp³-hybridized carbons (Fsp3) is 0.292. The van der Waals surface area contributed by atoms with Crippen molar-refractivity contribution in [1.29, 1.82) is 0 Å². The number of hydroxylamine groups is 1. The first-order chi connectivity index (χ1) is 16.1. The molecular weight excluding hydrogens is 454 g/mol. The Kier molecular flexibility index (Phi) is 9.29. The molecule has 0 saturated carbocycles. The molecule has 2 unspecified atom stereocenters. The van der Waals surface area contributed by atoms with Gasteiger partial charge in [0, 0.05) is 16.6 Å². The number of rotatable bonds is 8. The molecule has 0 aliphatic carbocycles. The molecule has 2 heterocycles. The van der Waals surface area contributed by atoms with Crippen molar-refractivity contribution in [3.63, 3.8) is 0 Å². The average molecular weight is 484 g/mol. The van der Waals surface area contributed by atoms with Crippen LogP contribution in [0.1, 0.15) is 44.5 Å². The van der Waals surface area contributed by atoms with Gasteiger partial charge in [-0.2, -0.15) is 0 Å². The molecule has 3 N–H and O–H groups in total. The van der Waals surface area contributed by atoms with Crippen LogP contribution in [0.3, 0.4) is 0 Å². The minimum atomic E-state index is -0.275. The first-order valence-electron chi connectivity index (χ1n) is 10.9. The van der Waals surface area contributed by atoms with E-state index in [2.05, 4.69) is 33.3 Å². The normalized spacial score (nSPS) is 15.5. The molecule has 174 valence electrons. The van der Waals surface area contributed by atoms with Gasteiger partial charge >= 0.3 is 0 Å². The Morgan fingerprint density at radius 1 is 1.18 bits per heavy atom. The van der Waals surface area contributed by atoms with Crippen molar-refractivity contribution in [2.75, 3.05) is 4.72 Å². The molecule has 9 heteroatoms. The lowest BCUT2D eigenvalue weighted by molar-refractivity contribution is -0.120. The van der Waals surface area contributed by atoms with Crippen LogP contribution in [-0.2, 0) is 16.1 Å². The number of benzene rings is 2. The molecule has 1 aliphatic rings. The summed E-state index contributed by atoms with van der Waals surface area (Å²) in [7, 11) is 0. The first-order valence-corrected chi connectivity index (χ1v) is 12.2. The van der Waals surface area contributed by atoms with E-state index in [0.29, 0.717) is 12.3 Å². The molecule has 1 amide bonds. The van der Waals surface area contributed by atoms with Crippen molar-refractivity contribution in [3.8, 4) is 10.6 Å². The lowest BCUT2D eigenvalue weighted by Crippen LogP contribution is -2.32. The number of aliphatic imine (C=N–C) groups is 1. The number of hydrogen-bond acceptors (Lipinski definition) is 8. The monoisotopic (exact) mass is 483 g/mol. The highest BCUT2D eigenvalue weighted by Gasteiger charge is 2.22. The second kappa shape index (κ2) is 12.4. The largest absolute Gasteiger partial charge is 0.391 e. The maximum atomic E-state index is 12.7. The number of hydrogen-bond donors (Lipinski definition) is 4. The number of aromatic nitrogens is 1.